The highest BCUT2D eigenvalue weighted by atomic mass is 32.2. The number of carbonyl (C=O) groups excluding carboxylic acids is 2. The summed E-state index contributed by atoms with van der Waals surface area (Å²) in [7, 11) is 0. The van der Waals surface area contributed by atoms with E-state index in [2.05, 4.69) is 34.6 Å². The van der Waals surface area contributed by atoms with Crippen molar-refractivity contribution in [1.29, 1.82) is 0 Å². The lowest BCUT2D eigenvalue weighted by Gasteiger charge is -2.01. The molecule has 23 heavy (non-hydrogen) atoms. The molecule has 0 fully saturated rings. The van der Waals surface area contributed by atoms with Crippen molar-refractivity contribution in [2.24, 2.45) is 0 Å². The van der Waals surface area contributed by atoms with Gasteiger partial charge < -0.3 is 5.32 Å². The Hall–Kier alpha value is -2.18. The Morgan fingerprint density at radius 1 is 1.17 bits per heavy atom. The molecule has 1 amide bonds. The van der Waals surface area contributed by atoms with Gasteiger partial charge in [-0.3, -0.25) is 9.59 Å². The summed E-state index contributed by atoms with van der Waals surface area (Å²) in [6.45, 7) is 1.44. The van der Waals surface area contributed by atoms with Crippen molar-refractivity contribution in [3.63, 3.8) is 0 Å². The normalized spacial score (nSPS) is 10.7. The first-order valence-electron chi connectivity index (χ1n) is 7.00. The van der Waals surface area contributed by atoms with Crippen LogP contribution in [0.2, 0.25) is 0 Å². The Labute approximate surface area is 141 Å². The van der Waals surface area contributed by atoms with E-state index < -0.39 is 0 Å². The molecule has 1 aromatic heterocycles. The van der Waals surface area contributed by atoms with Crippen molar-refractivity contribution < 1.29 is 9.59 Å². The van der Waals surface area contributed by atoms with Crippen molar-refractivity contribution >= 4 is 50.0 Å². The summed E-state index contributed by atoms with van der Waals surface area (Å²) >= 11 is 2.36. The van der Waals surface area contributed by atoms with Gasteiger partial charge in [0.05, 0.1) is 11.4 Å². The Bertz CT molecular complexity index is 874. The van der Waals surface area contributed by atoms with E-state index >= 15 is 0 Å². The van der Waals surface area contributed by atoms with Gasteiger partial charge in [0.15, 0.2) is 10.2 Å². The van der Waals surface area contributed by atoms with Gasteiger partial charge in [0.2, 0.25) is 5.91 Å². The molecule has 0 aliphatic rings. The molecule has 0 unspecified atom stereocenters. The molecule has 0 bridgehead atoms. The van der Waals surface area contributed by atoms with Gasteiger partial charge in [-0.1, -0.05) is 48.2 Å². The van der Waals surface area contributed by atoms with Crippen LogP contribution < -0.4 is 5.32 Å². The van der Waals surface area contributed by atoms with Gasteiger partial charge in [0.1, 0.15) is 0 Å². The third kappa shape index (κ3) is 3.97. The van der Waals surface area contributed by atoms with E-state index in [9.17, 15) is 9.59 Å². The second kappa shape index (κ2) is 6.93. The van der Waals surface area contributed by atoms with E-state index in [1.807, 2.05) is 23.6 Å². The topological polar surface area (TPSA) is 59.1 Å². The number of aromatic nitrogens is 1. The summed E-state index contributed by atoms with van der Waals surface area (Å²) in [6, 6.07) is 14.3. The number of hydrogen-bond donors (Lipinski definition) is 1. The van der Waals surface area contributed by atoms with Crippen LogP contribution in [-0.2, 0) is 9.59 Å². The highest BCUT2D eigenvalue weighted by Gasteiger charge is 2.09. The minimum absolute atomic E-state index is 0.0730. The third-order valence-electron chi connectivity index (χ3n) is 3.20. The van der Waals surface area contributed by atoms with E-state index in [-0.39, 0.29) is 16.8 Å². The number of fused-ring (bicyclic) bond motifs is 1. The molecule has 0 spiro atoms. The van der Waals surface area contributed by atoms with Crippen molar-refractivity contribution in [1.82, 2.24) is 4.98 Å². The summed E-state index contributed by atoms with van der Waals surface area (Å²) in [5, 5.41) is 7.44. The number of thioether (sulfide) groups is 1. The Morgan fingerprint density at radius 2 is 1.96 bits per heavy atom. The number of carbonyl (C=O) groups is 2. The number of rotatable bonds is 4. The molecule has 4 nitrogen and oxygen atoms in total. The molecule has 0 atom stereocenters. The first-order chi connectivity index (χ1) is 11.1. The molecular formula is C17H14N2O2S2. The summed E-state index contributed by atoms with van der Waals surface area (Å²) in [4.78, 5) is 27.0. The van der Waals surface area contributed by atoms with E-state index in [0.29, 0.717) is 5.13 Å². The van der Waals surface area contributed by atoms with Gasteiger partial charge in [-0.05, 0) is 16.8 Å². The number of nitrogens with one attached hydrogen (secondary N) is 1. The minimum Gasteiger partial charge on any atom is -0.301 e. The Balaban J connectivity index is 1.75. The van der Waals surface area contributed by atoms with Crippen LogP contribution in [0.25, 0.3) is 22.0 Å². The molecule has 0 radical (unpaired) electrons. The fourth-order valence-electron chi connectivity index (χ4n) is 2.13. The largest absolute Gasteiger partial charge is 0.301 e. The van der Waals surface area contributed by atoms with E-state index in [1.165, 1.54) is 23.6 Å². The highest BCUT2D eigenvalue weighted by molar-refractivity contribution is 8.14. The van der Waals surface area contributed by atoms with Gasteiger partial charge in [0, 0.05) is 17.9 Å². The average molecular weight is 342 g/mol. The molecule has 0 saturated carbocycles. The maximum Gasteiger partial charge on any atom is 0.236 e. The molecule has 116 valence electrons. The predicted molar refractivity (Wildman–Crippen MR) is 96.8 cm³/mol. The lowest BCUT2D eigenvalue weighted by molar-refractivity contribution is -0.114. The lowest BCUT2D eigenvalue weighted by Crippen LogP contribution is -2.14. The summed E-state index contributed by atoms with van der Waals surface area (Å²) in [5.74, 6) is -0.107. The van der Waals surface area contributed by atoms with Crippen molar-refractivity contribution in [2.75, 3.05) is 11.1 Å². The second-order valence-electron chi connectivity index (χ2n) is 4.93. The van der Waals surface area contributed by atoms with Crippen molar-refractivity contribution in [3.8, 4) is 11.3 Å². The maximum atomic E-state index is 11.7. The van der Waals surface area contributed by atoms with Crippen LogP contribution in [-0.4, -0.2) is 21.8 Å². The van der Waals surface area contributed by atoms with Gasteiger partial charge in [-0.15, -0.1) is 11.3 Å². The number of thiazole rings is 1. The molecule has 1 heterocycles. The first-order valence-corrected chi connectivity index (χ1v) is 8.86. The zero-order valence-corrected chi connectivity index (χ0v) is 14.0. The van der Waals surface area contributed by atoms with Crippen LogP contribution in [0.5, 0.6) is 0 Å². The number of hydrogen-bond acceptors (Lipinski definition) is 5. The van der Waals surface area contributed by atoms with Gasteiger partial charge in [0.25, 0.3) is 0 Å². The monoisotopic (exact) mass is 342 g/mol. The summed E-state index contributed by atoms with van der Waals surface area (Å²) in [5.41, 5.74) is 1.84. The second-order valence-corrected chi connectivity index (χ2v) is 6.94. The fraction of sp³-hybridized carbons (Fsp3) is 0.118. The molecular weight excluding hydrogens is 328 g/mol. The predicted octanol–water partition coefficient (Wildman–Crippen LogP) is 4.18. The van der Waals surface area contributed by atoms with Gasteiger partial charge >= 0.3 is 0 Å². The Morgan fingerprint density at radius 3 is 2.74 bits per heavy atom. The van der Waals surface area contributed by atoms with E-state index in [1.54, 1.807) is 0 Å². The molecule has 2 aromatic carbocycles. The van der Waals surface area contributed by atoms with Crippen LogP contribution in [0.15, 0.2) is 47.8 Å². The highest BCUT2D eigenvalue weighted by Crippen LogP contribution is 2.27. The van der Waals surface area contributed by atoms with Gasteiger partial charge in [-0.25, -0.2) is 4.98 Å². The average Bonchev–Trinajstić information content (AvgIpc) is 3.01. The number of benzene rings is 2. The quantitative estimate of drug-likeness (QED) is 0.773. The number of amides is 1. The van der Waals surface area contributed by atoms with Gasteiger partial charge in [-0.2, -0.15) is 0 Å². The molecule has 6 heteroatoms. The zero-order chi connectivity index (χ0) is 16.2. The third-order valence-corrected chi connectivity index (χ3v) is 4.77. The molecule has 0 aliphatic heterocycles. The SMILES string of the molecule is CC(=O)SCC(=O)Nc1nc(-c2ccc3ccccc3c2)cs1. The molecule has 1 N–H and O–H groups in total. The molecule has 0 aliphatic carbocycles. The minimum atomic E-state index is -0.218. The molecule has 3 rings (SSSR count). The summed E-state index contributed by atoms with van der Waals surface area (Å²) < 4.78 is 0. The van der Waals surface area contributed by atoms with Crippen LogP contribution in [0.1, 0.15) is 6.92 Å². The van der Waals surface area contributed by atoms with Crippen LogP contribution in [0.4, 0.5) is 5.13 Å². The van der Waals surface area contributed by atoms with Crippen molar-refractivity contribution in [2.45, 2.75) is 6.92 Å². The number of anilines is 1. The van der Waals surface area contributed by atoms with Crippen LogP contribution in [0.3, 0.4) is 0 Å². The van der Waals surface area contributed by atoms with Crippen molar-refractivity contribution in [3.05, 3.63) is 47.8 Å². The van der Waals surface area contributed by atoms with Crippen LogP contribution >= 0.6 is 23.1 Å². The lowest BCUT2D eigenvalue weighted by atomic mass is 10.1. The summed E-state index contributed by atoms with van der Waals surface area (Å²) in [6.07, 6.45) is 0. The van der Waals surface area contributed by atoms with E-state index in [4.69, 9.17) is 0 Å². The van der Waals surface area contributed by atoms with E-state index in [0.717, 1.165) is 28.4 Å². The molecule has 3 aromatic rings. The zero-order valence-electron chi connectivity index (χ0n) is 12.4. The smallest absolute Gasteiger partial charge is 0.236 e. The van der Waals surface area contributed by atoms with Crippen LogP contribution in [0, 0.1) is 0 Å². The maximum absolute atomic E-state index is 11.7. The Kier molecular flexibility index (Phi) is 4.73. The standard InChI is InChI=1S/C17H14N2O2S2/c1-11(20)22-10-16(21)19-17-18-15(9-23-17)14-7-6-12-4-2-3-5-13(12)8-14/h2-9H,10H2,1H3,(H,18,19,21). The fourth-order valence-corrected chi connectivity index (χ4v) is 3.28. The number of nitrogens with zero attached hydrogens (tertiary/aromatic N) is 1. The first kappa shape index (κ1) is 15.7. The molecule has 0 saturated heterocycles.